The fourth-order valence-electron chi connectivity index (χ4n) is 2.58. The van der Waals surface area contributed by atoms with E-state index in [0.717, 1.165) is 19.4 Å². The van der Waals surface area contributed by atoms with Crippen LogP contribution in [-0.2, 0) is 12.8 Å². The first-order valence-electron chi connectivity index (χ1n) is 7.14. The molecule has 0 amide bonds. The average Bonchev–Trinajstić information content (AvgIpc) is 2.29. The summed E-state index contributed by atoms with van der Waals surface area (Å²) in [5.41, 5.74) is 2.82. The van der Waals surface area contributed by atoms with Gasteiger partial charge in [-0.15, -0.1) is 0 Å². The molecule has 1 atom stereocenters. The molecule has 1 unspecified atom stereocenters. The minimum Gasteiger partial charge on any atom is -0.315 e. The third kappa shape index (κ3) is 5.18. The molecule has 0 bridgehead atoms. The molecule has 2 nitrogen and oxygen atoms in total. The molecule has 0 spiro atoms. The predicted octanol–water partition coefficient (Wildman–Crippen LogP) is 3.60. The normalized spacial score (nSPS) is 13.6. The van der Waals surface area contributed by atoms with Gasteiger partial charge >= 0.3 is 0 Å². The second-order valence-electron chi connectivity index (χ2n) is 6.02. The number of nitrogens with one attached hydrogen (secondary N) is 1. The summed E-state index contributed by atoms with van der Waals surface area (Å²) in [5.74, 6) is 0. The Hall–Kier alpha value is -0.890. The molecule has 1 N–H and O–H groups in total. The van der Waals surface area contributed by atoms with Gasteiger partial charge in [0.1, 0.15) is 0 Å². The zero-order valence-electron chi connectivity index (χ0n) is 12.6. The van der Waals surface area contributed by atoms with Crippen molar-refractivity contribution in [1.82, 2.24) is 10.3 Å². The van der Waals surface area contributed by atoms with Crippen LogP contribution in [-0.4, -0.2) is 17.6 Å². The Balaban J connectivity index is 2.57. The summed E-state index contributed by atoms with van der Waals surface area (Å²) in [7, 11) is 0. The van der Waals surface area contributed by atoms with Gasteiger partial charge in [-0.3, -0.25) is 4.98 Å². The van der Waals surface area contributed by atoms with Gasteiger partial charge in [-0.1, -0.05) is 33.8 Å². The fraction of sp³-hybridized carbons (Fsp3) is 0.688. The third-order valence-corrected chi connectivity index (χ3v) is 3.37. The van der Waals surface area contributed by atoms with Gasteiger partial charge in [0.25, 0.3) is 0 Å². The first kappa shape index (κ1) is 15.2. The van der Waals surface area contributed by atoms with Crippen LogP contribution in [0, 0.1) is 5.41 Å². The molecule has 0 saturated carbocycles. The van der Waals surface area contributed by atoms with Crippen LogP contribution in [0.1, 0.15) is 52.3 Å². The first-order valence-corrected chi connectivity index (χ1v) is 7.14. The maximum Gasteiger partial charge on any atom is 0.0409 e. The first-order chi connectivity index (χ1) is 8.46. The minimum atomic E-state index is 0.294. The van der Waals surface area contributed by atoms with Gasteiger partial charge in [-0.2, -0.15) is 0 Å². The van der Waals surface area contributed by atoms with Crippen LogP contribution in [0.25, 0.3) is 0 Å². The maximum absolute atomic E-state index is 4.57. The van der Waals surface area contributed by atoms with Crippen LogP contribution in [0.15, 0.2) is 18.3 Å². The van der Waals surface area contributed by atoms with E-state index in [1.807, 2.05) is 6.20 Å². The molecule has 1 aromatic heterocycles. The van der Waals surface area contributed by atoms with E-state index in [2.05, 4.69) is 57.1 Å². The summed E-state index contributed by atoms with van der Waals surface area (Å²) >= 11 is 0. The highest BCUT2D eigenvalue weighted by molar-refractivity contribution is 5.14. The number of pyridine rings is 1. The van der Waals surface area contributed by atoms with Crippen molar-refractivity contribution >= 4 is 0 Å². The molecule has 1 heterocycles. The zero-order valence-corrected chi connectivity index (χ0v) is 12.6. The van der Waals surface area contributed by atoms with E-state index in [0.29, 0.717) is 11.5 Å². The molecule has 0 aliphatic rings. The van der Waals surface area contributed by atoms with Gasteiger partial charge in [0, 0.05) is 17.9 Å². The van der Waals surface area contributed by atoms with Gasteiger partial charge in [0.05, 0.1) is 0 Å². The Labute approximate surface area is 112 Å². The lowest BCUT2D eigenvalue weighted by molar-refractivity contribution is 0.286. The van der Waals surface area contributed by atoms with Crippen molar-refractivity contribution in [3.05, 3.63) is 29.6 Å². The highest BCUT2D eigenvalue weighted by Gasteiger charge is 2.21. The summed E-state index contributed by atoms with van der Waals surface area (Å²) < 4.78 is 0. The Kier molecular flexibility index (Phi) is 5.80. The lowest BCUT2D eigenvalue weighted by Gasteiger charge is -2.28. The number of hydrogen-bond donors (Lipinski definition) is 1. The van der Waals surface area contributed by atoms with Crippen molar-refractivity contribution < 1.29 is 0 Å². The quantitative estimate of drug-likeness (QED) is 0.797. The SMILES string of the molecule is CCNC(C)CC(C)(C)Cc1ccc(CC)cn1. The van der Waals surface area contributed by atoms with E-state index in [9.17, 15) is 0 Å². The van der Waals surface area contributed by atoms with Crippen LogP contribution < -0.4 is 5.32 Å². The van der Waals surface area contributed by atoms with Gasteiger partial charge in [0.15, 0.2) is 0 Å². The number of aromatic nitrogens is 1. The molecule has 1 aromatic rings. The smallest absolute Gasteiger partial charge is 0.0409 e. The summed E-state index contributed by atoms with van der Waals surface area (Å²) in [6.07, 6.45) is 5.30. The fourth-order valence-corrected chi connectivity index (χ4v) is 2.58. The average molecular weight is 248 g/mol. The molecule has 0 aliphatic carbocycles. The standard InChI is InChI=1S/C16H28N2/c1-6-14-8-9-15(18-12-14)11-16(4,5)10-13(3)17-7-2/h8-9,12-13,17H,6-7,10-11H2,1-5H3. The highest BCUT2D eigenvalue weighted by Crippen LogP contribution is 2.26. The monoisotopic (exact) mass is 248 g/mol. The summed E-state index contributed by atoms with van der Waals surface area (Å²) in [5, 5.41) is 3.49. The van der Waals surface area contributed by atoms with Gasteiger partial charge in [-0.25, -0.2) is 0 Å². The van der Waals surface area contributed by atoms with Crippen molar-refractivity contribution in [3.8, 4) is 0 Å². The molecule has 2 heteroatoms. The Morgan fingerprint density at radius 1 is 1.28 bits per heavy atom. The molecular weight excluding hydrogens is 220 g/mol. The number of hydrogen-bond acceptors (Lipinski definition) is 2. The van der Waals surface area contributed by atoms with Crippen molar-refractivity contribution in [2.75, 3.05) is 6.54 Å². The Bertz CT molecular complexity index is 341. The van der Waals surface area contributed by atoms with Crippen LogP contribution in [0.4, 0.5) is 0 Å². The van der Waals surface area contributed by atoms with E-state index >= 15 is 0 Å². The lowest BCUT2D eigenvalue weighted by Crippen LogP contribution is -2.32. The van der Waals surface area contributed by atoms with E-state index in [1.54, 1.807) is 0 Å². The molecule has 102 valence electrons. The van der Waals surface area contributed by atoms with Gasteiger partial charge in [0.2, 0.25) is 0 Å². The number of aryl methyl sites for hydroxylation is 1. The minimum absolute atomic E-state index is 0.294. The van der Waals surface area contributed by atoms with E-state index < -0.39 is 0 Å². The zero-order chi connectivity index (χ0) is 13.6. The molecule has 0 radical (unpaired) electrons. The lowest BCUT2D eigenvalue weighted by atomic mass is 9.81. The molecular formula is C16H28N2. The Morgan fingerprint density at radius 3 is 2.50 bits per heavy atom. The number of rotatable bonds is 7. The highest BCUT2D eigenvalue weighted by atomic mass is 14.9. The summed E-state index contributed by atoms with van der Waals surface area (Å²) in [6, 6.07) is 4.95. The predicted molar refractivity (Wildman–Crippen MR) is 78.9 cm³/mol. The topological polar surface area (TPSA) is 24.9 Å². The van der Waals surface area contributed by atoms with Gasteiger partial charge < -0.3 is 5.32 Å². The largest absolute Gasteiger partial charge is 0.315 e. The van der Waals surface area contributed by atoms with Crippen LogP contribution in [0.2, 0.25) is 0 Å². The van der Waals surface area contributed by atoms with Crippen molar-refractivity contribution in [3.63, 3.8) is 0 Å². The molecule has 0 aromatic carbocycles. The molecule has 18 heavy (non-hydrogen) atoms. The third-order valence-electron chi connectivity index (χ3n) is 3.37. The van der Waals surface area contributed by atoms with Crippen LogP contribution >= 0.6 is 0 Å². The van der Waals surface area contributed by atoms with Crippen LogP contribution in [0.5, 0.6) is 0 Å². The molecule has 0 aliphatic heterocycles. The summed E-state index contributed by atoms with van der Waals surface area (Å²) in [4.78, 5) is 4.57. The van der Waals surface area contributed by atoms with E-state index in [1.165, 1.54) is 17.7 Å². The molecule has 1 rings (SSSR count). The van der Waals surface area contributed by atoms with E-state index in [-0.39, 0.29) is 0 Å². The second-order valence-corrected chi connectivity index (χ2v) is 6.02. The second kappa shape index (κ2) is 6.89. The van der Waals surface area contributed by atoms with Crippen molar-refractivity contribution in [1.29, 1.82) is 0 Å². The summed E-state index contributed by atoms with van der Waals surface area (Å²) in [6.45, 7) is 12.3. The molecule has 0 saturated heterocycles. The maximum atomic E-state index is 4.57. The van der Waals surface area contributed by atoms with E-state index in [4.69, 9.17) is 0 Å². The Morgan fingerprint density at radius 2 is 2.00 bits per heavy atom. The number of nitrogens with zero attached hydrogens (tertiary/aromatic N) is 1. The van der Waals surface area contributed by atoms with Crippen molar-refractivity contribution in [2.45, 2.75) is 59.9 Å². The van der Waals surface area contributed by atoms with Crippen LogP contribution in [0.3, 0.4) is 0 Å². The van der Waals surface area contributed by atoms with Crippen molar-refractivity contribution in [2.24, 2.45) is 5.41 Å². The van der Waals surface area contributed by atoms with Gasteiger partial charge in [-0.05, 0) is 49.8 Å². The molecule has 0 fully saturated rings.